The van der Waals surface area contributed by atoms with Gasteiger partial charge in [-0.2, -0.15) is 0 Å². The molecule has 0 atom stereocenters. The second-order valence-corrected chi connectivity index (χ2v) is 4.47. The second kappa shape index (κ2) is 8.43. The molecule has 0 aliphatic heterocycles. The lowest BCUT2D eigenvalue weighted by molar-refractivity contribution is -0.120. The van der Waals surface area contributed by atoms with Gasteiger partial charge in [-0.1, -0.05) is 18.5 Å². The summed E-state index contributed by atoms with van der Waals surface area (Å²) in [7, 11) is 1.30. The minimum atomic E-state index is -0.498. The van der Waals surface area contributed by atoms with Crippen LogP contribution < -0.4 is 10.1 Å². The molecule has 0 aromatic heterocycles. The van der Waals surface area contributed by atoms with Crippen LogP contribution in [-0.4, -0.2) is 32.1 Å². The average molecular weight is 300 g/mol. The first-order chi connectivity index (χ1) is 9.58. The number of esters is 1. The first-order valence-electron chi connectivity index (χ1n) is 6.35. The Hall–Kier alpha value is -1.75. The third-order valence-electron chi connectivity index (χ3n) is 2.57. The van der Waals surface area contributed by atoms with Crippen molar-refractivity contribution >= 4 is 23.5 Å². The number of nitrogens with one attached hydrogen (secondary N) is 1. The van der Waals surface area contributed by atoms with Gasteiger partial charge in [0, 0.05) is 18.0 Å². The number of halogens is 1. The lowest BCUT2D eigenvalue weighted by Crippen LogP contribution is -2.24. The average Bonchev–Trinajstić information content (AvgIpc) is 2.46. The van der Waals surface area contributed by atoms with E-state index in [0.29, 0.717) is 36.8 Å². The summed E-state index contributed by atoms with van der Waals surface area (Å²) in [6.45, 7) is 2.71. The van der Waals surface area contributed by atoms with Gasteiger partial charge in [0.15, 0.2) is 0 Å². The number of carbonyl (C=O) groups excluding carboxylic acids is 2. The molecule has 20 heavy (non-hydrogen) atoms. The number of ether oxygens (including phenoxy) is 2. The molecule has 0 aliphatic rings. The standard InChI is InChI=1S/C14H18ClNO4/c1-3-13(17)16-7-4-8-20-12-6-5-10(15)9-11(12)14(18)19-2/h5-6,9H,3-4,7-8H2,1-2H3,(H,16,17). The van der Waals surface area contributed by atoms with E-state index >= 15 is 0 Å². The van der Waals surface area contributed by atoms with Crippen molar-refractivity contribution in [1.82, 2.24) is 5.32 Å². The fourth-order valence-electron chi connectivity index (χ4n) is 1.50. The number of hydrogen-bond acceptors (Lipinski definition) is 4. The van der Waals surface area contributed by atoms with Crippen LogP contribution in [0.1, 0.15) is 30.1 Å². The van der Waals surface area contributed by atoms with Gasteiger partial charge in [-0.3, -0.25) is 4.79 Å². The molecule has 110 valence electrons. The Balaban J connectivity index is 2.51. The molecule has 0 saturated carbocycles. The van der Waals surface area contributed by atoms with Crippen molar-refractivity contribution in [2.24, 2.45) is 0 Å². The molecule has 0 heterocycles. The van der Waals surface area contributed by atoms with Gasteiger partial charge < -0.3 is 14.8 Å². The van der Waals surface area contributed by atoms with Crippen molar-refractivity contribution in [3.05, 3.63) is 28.8 Å². The summed E-state index contributed by atoms with van der Waals surface area (Å²) in [4.78, 5) is 22.6. The minimum Gasteiger partial charge on any atom is -0.493 e. The van der Waals surface area contributed by atoms with Crippen molar-refractivity contribution in [3.8, 4) is 5.75 Å². The molecule has 0 bridgehead atoms. The number of amides is 1. The Labute approximate surface area is 123 Å². The van der Waals surface area contributed by atoms with Crippen LogP contribution in [-0.2, 0) is 9.53 Å². The van der Waals surface area contributed by atoms with Crippen LogP contribution in [0.25, 0.3) is 0 Å². The van der Waals surface area contributed by atoms with Gasteiger partial charge in [0.1, 0.15) is 11.3 Å². The molecule has 0 unspecified atom stereocenters. The molecule has 1 N–H and O–H groups in total. The van der Waals surface area contributed by atoms with Crippen LogP contribution in [0.5, 0.6) is 5.75 Å². The van der Waals surface area contributed by atoms with E-state index in [9.17, 15) is 9.59 Å². The first kappa shape index (κ1) is 16.3. The Morgan fingerprint density at radius 2 is 2.10 bits per heavy atom. The van der Waals surface area contributed by atoms with Gasteiger partial charge >= 0.3 is 5.97 Å². The van der Waals surface area contributed by atoms with Crippen molar-refractivity contribution in [1.29, 1.82) is 0 Å². The van der Waals surface area contributed by atoms with Gasteiger partial charge in [-0.25, -0.2) is 4.79 Å². The number of benzene rings is 1. The van der Waals surface area contributed by atoms with Crippen molar-refractivity contribution in [3.63, 3.8) is 0 Å². The van der Waals surface area contributed by atoms with E-state index in [4.69, 9.17) is 16.3 Å². The third kappa shape index (κ3) is 5.09. The van der Waals surface area contributed by atoms with Crippen LogP contribution in [0.2, 0.25) is 5.02 Å². The van der Waals surface area contributed by atoms with E-state index in [1.165, 1.54) is 13.2 Å². The smallest absolute Gasteiger partial charge is 0.341 e. The summed E-state index contributed by atoms with van der Waals surface area (Å²) in [6, 6.07) is 4.77. The molecule has 1 aromatic carbocycles. The van der Waals surface area contributed by atoms with E-state index < -0.39 is 5.97 Å². The van der Waals surface area contributed by atoms with Gasteiger partial charge in [0.05, 0.1) is 13.7 Å². The van der Waals surface area contributed by atoms with Gasteiger partial charge in [-0.15, -0.1) is 0 Å². The van der Waals surface area contributed by atoms with Crippen molar-refractivity contribution in [2.45, 2.75) is 19.8 Å². The highest BCUT2D eigenvalue weighted by Crippen LogP contribution is 2.23. The summed E-state index contributed by atoms with van der Waals surface area (Å²) >= 11 is 5.84. The van der Waals surface area contributed by atoms with Crippen LogP contribution >= 0.6 is 11.6 Å². The quantitative estimate of drug-likeness (QED) is 0.620. The van der Waals surface area contributed by atoms with E-state index in [2.05, 4.69) is 10.1 Å². The maximum atomic E-state index is 11.6. The Kier molecular flexibility index (Phi) is 6.87. The molecule has 1 aromatic rings. The minimum absolute atomic E-state index is 0.00624. The molecular formula is C14H18ClNO4. The lowest BCUT2D eigenvalue weighted by atomic mass is 10.2. The monoisotopic (exact) mass is 299 g/mol. The highest BCUT2D eigenvalue weighted by molar-refractivity contribution is 6.31. The zero-order chi connectivity index (χ0) is 15.0. The highest BCUT2D eigenvalue weighted by Gasteiger charge is 2.13. The van der Waals surface area contributed by atoms with Crippen LogP contribution in [0.15, 0.2) is 18.2 Å². The van der Waals surface area contributed by atoms with Gasteiger partial charge in [0.2, 0.25) is 5.91 Å². The number of carbonyl (C=O) groups is 2. The maximum absolute atomic E-state index is 11.6. The Morgan fingerprint density at radius 1 is 1.35 bits per heavy atom. The first-order valence-corrected chi connectivity index (χ1v) is 6.73. The predicted molar refractivity (Wildman–Crippen MR) is 76.2 cm³/mol. The van der Waals surface area contributed by atoms with Gasteiger partial charge in [0.25, 0.3) is 0 Å². The van der Waals surface area contributed by atoms with E-state index in [1.54, 1.807) is 19.1 Å². The molecule has 1 amide bonds. The molecule has 6 heteroatoms. The third-order valence-corrected chi connectivity index (χ3v) is 2.80. The number of methoxy groups -OCH3 is 1. The maximum Gasteiger partial charge on any atom is 0.341 e. The van der Waals surface area contributed by atoms with E-state index in [-0.39, 0.29) is 11.5 Å². The fraction of sp³-hybridized carbons (Fsp3) is 0.429. The molecular weight excluding hydrogens is 282 g/mol. The largest absolute Gasteiger partial charge is 0.493 e. The molecule has 0 saturated heterocycles. The summed E-state index contributed by atoms with van der Waals surface area (Å²) < 4.78 is 10.2. The van der Waals surface area contributed by atoms with E-state index in [0.717, 1.165) is 0 Å². The molecule has 0 spiro atoms. The highest BCUT2D eigenvalue weighted by atomic mass is 35.5. The molecule has 0 aliphatic carbocycles. The van der Waals surface area contributed by atoms with Crippen molar-refractivity contribution < 1.29 is 19.1 Å². The molecule has 0 fully saturated rings. The van der Waals surface area contributed by atoms with Crippen molar-refractivity contribution in [2.75, 3.05) is 20.3 Å². The Bertz CT molecular complexity index is 476. The van der Waals surface area contributed by atoms with E-state index in [1.807, 2.05) is 0 Å². The summed E-state index contributed by atoms with van der Waals surface area (Å²) in [5.74, 6) is -0.0726. The summed E-state index contributed by atoms with van der Waals surface area (Å²) in [6.07, 6.45) is 1.11. The number of rotatable bonds is 7. The van der Waals surface area contributed by atoms with Crippen LogP contribution in [0.3, 0.4) is 0 Å². The zero-order valence-electron chi connectivity index (χ0n) is 11.6. The SMILES string of the molecule is CCC(=O)NCCCOc1ccc(Cl)cc1C(=O)OC. The van der Waals surface area contributed by atoms with Crippen LogP contribution in [0.4, 0.5) is 0 Å². The molecule has 5 nitrogen and oxygen atoms in total. The topological polar surface area (TPSA) is 64.6 Å². The lowest BCUT2D eigenvalue weighted by Gasteiger charge is -2.11. The summed E-state index contributed by atoms with van der Waals surface area (Å²) in [5, 5.41) is 3.18. The van der Waals surface area contributed by atoms with Gasteiger partial charge in [-0.05, 0) is 24.6 Å². The second-order valence-electron chi connectivity index (χ2n) is 4.04. The summed E-state index contributed by atoms with van der Waals surface area (Å²) in [5.41, 5.74) is 0.289. The molecule has 0 radical (unpaired) electrons. The molecule has 1 rings (SSSR count). The zero-order valence-corrected chi connectivity index (χ0v) is 12.3. The fourth-order valence-corrected chi connectivity index (χ4v) is 1.68. The van der Waals surface area contributed by atoms with Crippen LogP contribution in [0, 0.1) is 0 Å². The normalized spacial score (nSPS) is 9.95. The number of hydrogen-bond donors (Lipinski definition) is 1. The predicted octanol–water partition coefficient (Wildman–Crippen LogP) is 2.42. The Morgan fingerprint density at radius 3 is 2.75 bits per heavy atom.